The summed E-state index contributed by atoms with van der Waals surface area (Å²) in [5.74, 6) is -0.145. The van der Waals surface area contributed by atoms with Crippen LogP contribution in [0, 0.1) is 0 Å². The zero-order valence-electron chi connectivity index (χ0n) is 14.3. The average molecular weight is 298 g/mol. The Morgan fingerprint density at radius 3 is 1.89 bits per heavy atom. The predicted molar refractivity (Wildman–Crippen MR) is 77.8 cm³/mol. The summed E-state index contributed by atoms with van der Waals surface area (Å²) in [7, 11) is 1.75. The van der Waals surface area contributed by atoms with Crippen LogP contribution in [0.1, 0.15) is 72.6 Å². The fourth-order valence-electron chi connectivity index (χ4n) is 1.97. The minimum atomic E-state index is -0.145. The summed E-state index contributed by atoms with van der Waals surface area (Å²) in [6.07, 6.45) is 13.1. The van der Waals surface area contributed by atoms with Gasteiger partial charge >= 0.3 is 57.4 Å². The van der Waals surface area contributed by atoms with Gasteiger partial charge in [0.2, 0.25) is 0 Å². The van der Waals surface area contributed by atoms with E-state index in [9.17, 15) is 4.79 Å². The Morgan fingerprint density at radius 2 is 1.42 bits per heavy atom. The van der Waals surface area contributed by atoms with Crippen LogP contribution in [-0.4, -0.2) is 26.2 Å². The third-order valence-corrected chi connectivity index (χ3v) is 3.08. The van der Waals surface area contributed by atoms with Gasteiger partial charge in [-0.3, -0.25) is 4.79 Å². The minimum absolute atomic E-state index is 0. The zero-order chi connectivity index (χ0) is 13.5. The number of unbranched alkanes of at least 4 members (excludes halogenated alkanes) is 9. The molecule has 0 aliphatic carbocycles. The van der Waals surface area contributed by atoms with E-state index in [1.165, 1.54) is 57.8 Å². The van der Waals surface area contributed by atoms with Gasteiger partial charge in [0.05, 0.1) is 13.2 Å². The Balaban J connectivity index is -0.00000144. The van der Waals surface area contributed by atoms with Crippen LogP contribution < -0.4 is 56.7 Å². The molecule has 0 saturated carbocycles. The first-order valence-electron chi connectivity index (χ1n) is 7.61. The van der Waals surface area contributed by atoms with Crippen LogP contribution in [0.25, 0.3) is 0 Å². The maximum absolute atomic E-state index is 11.0. The molecule has 0 amide bonds. The molecule has 0 aliphatic heterocycles. The number of nitrogens with one attached hydrogen (secondary N) is 1. The van der Waals surface area contributed by atoms with Gasteiger partial charge in [0.25, 0.3) is 0 Å². The molecule has 0 bridgehead atoms. The van der Waals surface area contributed by atoms with Crippen LogP contribution in [0.2, 0.25) is 0 Å². The summed E-state index contributed by atoms with van der Waals surface area (Å²) >= 11 is 0. The van der Waals surface area contributed by atoms with Crippen molar-refractivity contribution >= 4 is 5.97 Å². The number of hydrogen-bond donors (Lipinski definition) is 1. The number of carbonyl (C=O) groups excluding carboxylic acids is 1. The van der Waals surface area contributed by atoms with Crippen LogP contribution in [0.15, 0.2) is 0 Å². The molecule has 0 radical (unpaired) electrons. The fourth-order valence-corrected chi connectivity index (χ4v) is 1.97. The third-order valence-electron chi connectivity index (χ3n) is 3.08. The number of likely N-dealkylation sites (N-methyl/N-ethyl adjacent to an activating group) is 1. The molecule has 110 valence electrons. The quantitative estimate of drug-likeness (QED) is 0.310. The SMILES string of the molecule is CCCCCCCCCCCCOC(=O)CNC.[H-].[K+]. The Kier molecular flexibility index (Phi) is 22.4. The molecule has 1 N–H and O–H groups in total. The van der Waals surface area contributed by atoms with Gasteiger partial charge in [-0.1, -0.05) is 64.7 Å². The Labute approximate surface area is 163 Å². The van der Waals surface area contributed by atoms with Crippen molar-refractivity contribution in [3.05, 3.63) is 0 Å². The van der Waals surface area contributed by atoms with Gasteiger partial charge in [0.1, 0.15) is 0 Å². The van der Waals surface area contributed by atoms with E-state index in [1.54, 1.807) is 7.05 Å². The van der Waals surface area contributed by atoms with E-state index in [2.05, 4.69) is 12.2 Å². The van der Waals surface area contributed by atoms with Crippen molar-refractivity contribution in [2.45, 2.75) is 71.1 Å². The monoisotopic (exact) mass is 297 g/mol. The van der Waals surface area contributed by atoms with Gasteiger partial charge in [-0.05, 0) is 13.5 Å². The molecule has 0 aromatic rings. The maximum atomic E-state index is 11.0. The molecule has 0 aliphatic rings. The molecule has 0 aromatic heterocycles. The minimum Gasteiger partial charge on any atom is -1.00 e. The molecular weight excluding hydrogens is 265 g/mol. The van der Waals surface area contributed by atoms with Crippen molar-refractivity contribution in [3.63, 3.8) is 0 Å². The van der Waals surface area contributed by atoms with Crippen LogP contribution in [0.3, 0.4) is 0 Å². The van der Waals surface area contributed by atoms with Gasteiger partial charge < -0.3 is 11.5 Å². The van der Waals surface area contributed by atoms with Crippen LogP contribution >= 0.6 is 0 Å². The van der Waals surface area contributed by atoms with E-state index >= 15 is 0 Å². The molecule has 0 unspecified atom stereocenters. The molecule has 0 atom stereocenters. The van der Waals surface area contributed by atoms with E-state index in [-0.39, 0.29) is 58.8 Å². The third kappa shape index (κ3) is 19.1. The van der Waals surface area contributed by atoms with Gasteiger partial charge in [0.15, 0.2) is 0 Å². The normalized spacial score (nSPS) is 10.0. The Morgan fingerprint density at radius 1 is 0.947 bits per heavy atom. The van der Waals surface area contributed by atoms with Crippen LogP contribution in [0.4, 0.5) is 0 Å². The molecule has 4 heteroatoms. The molecule has 3 nitrogen and oxygen atoms in total. The standard InChI is InChI=1S/C15H31NO2.K.H/c1-3-4-5-6-7-8-9-10-11-12-13-18-15(17)14-16-2;;/h16H,3-14H2,1-2H3;;/q;+1;-1. The van der Waals surface area contributed by atoms with Crippen molar-refractivity contribution in [1.29, 1.82) is 0 Å². The zero-order valence-corrected chi connectivity index (χ0v) is 16.4. The number of hydrogen-bond acceptors (Lipinski definition) is 3. The first-order valence-corrected chi connectivity index (χ1v) is 7.61. The van der Waals surface area contributed by atoms with E-state index in [1.807, 2.05) is 0 Å². The average Bonchev–Trinajstić information content (AvgIpc) is 2.36. The van der Waals surface area contributed by atoms with Crippen molar-refractivity contribution < 1.29 is 62.3 Å². The topological polar surface area (TPSA) is 38.3 Å². The second kappa shape index (κ2) is 19.1. The summed E-state index contributed by atoms with van der Waals surface area (Å²) in [6, 6.07) is 0. The molecule has 0 fully saturated rings. The summed E-state index contributed by atoms with van der Waals surface area (Å²) in [4.78, 5) is 11.0. The molecule has 19 heavy (non-hydrogen) atoms. The van der Waals surface area contributed by atoms with Crippen molar-refractivity contribution in [2.24, 2.45) is 0 Å². The molecule has 0 spiro atoms. The number of ether oxygens (including phenoxy) is 1. The molecule has 0 aromatic carbocycles. The second-order valence-electron chi connectivity index (χ2n) is 4.93. The van der Waals surface area contributed by atoms with Crippen molar-refractivity contribution in [1.82, 2.24) is 5.32 Å². The maximum Gasteiger partial charge on any atom is 1.00 e. The van der Waals surface area contributed by atoms with E-state index < -0.39 is 0 Å². The van der Waals surface area contributed by atoms with Gasteiger partial charge in [-0.25, -0.2) is 0 Å². The smallest absolute Gasteiger partial charge is 1.00 e. The number of esters is 1. The summed E-state index contributed by atoms with van der Waals surface area (Å²) in [6.45, 7) is 3.15. The molecule has 0 saturated heterocycles. The van der Waals surface area contributed by atoms with E-state index in [4.69, 9.17) is 4.74 Å². The molecular formula is C15H32KNO2. The summed E-state index contributed by atoms with van der Waals surface area (Å²) in [5.41, 5.74) is 0. The van der Waals surface area contributed by atoms with Crippen molar-refractivity contribution in [3.8, 4) is 0 Å². The predicted octanol–water partition coefficient (Wildman–Crippen LogP) is 0.786. The number of carbonyl (C=O) groups is 1. The van der Waals surface area contributed by atoms with Crippen LogP contribution in [-0.2, 0) is 9.53 Å². The van der Waals surface area contributed by atoms with E-state index in [0.717, 1.165) is 6.42 Å². The van der Waals surface area contributed by atoms with Gasteiger partial charge in [-0.15, -0.1) is 0 Å². The summed E-state index contributed by atoms with van der Waals surface area (Å²) in [5, 5.41) is 2.78. The Bertz CT molecular complexity index is 195. The molecule has 0 heterocycles. The van der Waals surface area contributed by atoms with Crippen LogP contribution in [0.5, 0.6) is 0 Å². The first kappa shape index (κ1) is 22.3. The summed E-state index contributed by atoms with van der Waals surface area (Å²) < 4.78 is 5.05. The second-order valence-corrected chi connectivity index (χ2v) is 4.93. The number of rotatable bonds is 13. The van der Waals surface area contributed by atoms with E-state index in [0.29, 0.717) is 13.2 Å². The molecule has 0 rings (SSSR count). The first-order chi connectivity index (χ1) is 8.81. The Hall–Kier alpha value is 1.07. The van der Waals surface area contributed by atoms with Crippen molar-refractivity contribution in [2.75, 3.05) is 20.2 Å². The largest absolute Gasteiger partial charge is 1.00 e. The fraction of sp³-hybridized carbons (Fsp3) is 0.933. The van der Waals surface area contributed by atoms with Gasteiger partial charge in [0, 0.05) is 0 Å². The van der Waals surface area contributed by atoms with Gasteiger partial charge in [-0.2, -0.15) is 0 Å².